The maximum Gasteiger partial charge on any atom is 0.387 e. The minimum atomic E-state index is -2.99. The third kappa shape index (κ3) is 5.91. The average molecular weight is 406 g/mol. The van der Waals surface area contributed by atoms with Gasteiger partial charge in [0.15, 0.2) is 11.5 Å². The first kappa shape index (κ1) is 22.1. The highest BCUT2D eigenvalue weighted by atomic mass is 19.3. The molecule has 0 unspecified atom stereocenters. The third-order valence-electron chi connectivity index (χ3n) is 4.16. The first-order valence-electron chi connectivity index (χ1n) is 9.31. The van der Waals surface area contributed by atoms with Gasteiger partial charge in [-0.25, -0.2) is 0 Å². The minimum absolute atomic E-state index is 0.0561. The molecule has 6 nitrogen and oxygen atoms in total. The Kier molecular flexibility index (Phi) is 7.94. The number of nitrogens with zero attached hydrogens (tertiary/aromatic N) is 1. The van der Waals surface area contributed by atoms with E-state index in [1.165, 1.54) is 18.2 Å². The molecular formula is C21H24F2N2O4. The zero-order valence-corrected chi connectivity index (χ0v) is 16.6. The van der Waals surface area contributed by atoms with E-state index in [0.29, 0.717) is 24.3 Å². The number of carbonyl (C=O) groups is 2. The Morgan fingerprint density at radius 3 is 2.14 bits per heavy atom. The number of anilines is 1. The van der Waals surface area contributed by atoms with Crippen molar-refractivity contribution in [3.63, 3.8) is 0 Å². The van der Waals surface area contributed by atoms with Crippen LogP contribution in [0, 0.1) is 0 Å². The second kappa shape index (κ2) is 10.4. The van der Waals surface area contributed by atoms with Gasteiger partial charge in [0.25, 0.3) is 11.8 Å². The van der Waals surface area contributed by atoms with Gasteiger partial charge in [0.1, 0.15) is 0 Å². The molecule has 0 aromatic heterocycles. The predicted molar refractivity (Wildman–Crippen MR) is 106 cm³/mol. The highest BCUT2D eigenvalue weighted by molar-refractivity contribution is 6.05. The van der Waals surface area contributed by atoms with E-state index in [1.807, 2.05) is 13.8 Å². The van der Waals surface area contributed by atoms with Crippen molar-refractivity contribution >= 4 is 17.5 Å². The zero-order chi connectivity index (χ0) is 21.4. The van der Waals surface area contributed by atoms with Crippen molar-refractivity contribution in [3.05, 3.63) is 53.6 Å². The second-order valence-corrected chi connectivity index (χ2v) is 5.98. The topological polar surface area (TPSA) is 67.9 Å². The van der Waals surface area contributed by atoms with Crippen molar-refractivity contribution in [2.75, 3.05) is 25.0 Å². The van der Waals surface area contributed by atoms with Crippen LogP contribution < -0.4 is 14.8 Å². The quantitative estimate of drug-likeness (QED) is 0.669. The number of carbonyl (C=O) groups excluding carboxylic acids is 2. The molecule has 0 aliphatic carbocycles. The number of amides is 2. The lowest BCUT2D eigenvalue weighted by atomic mass is 10.1. The summed E-state index contributed by atoms with van der Waals surface area (Å²) >= 11 is 0. The van der Waals surface area contributed by atoms with Crippen molar-refractivity contribution in [1.29, 1.82) is 0 Å². The third-order valence-corrected chi connectivity index (χ3v) is 4.16. The molecule has 8 heteroatoms. The van der Waals surface area contributed by atoms with Crippen molar-refractivity contribution in [2.45, 2.75) is 27.4 Å². The molecule has 156 valence electrons. The van der Waals surface area contributed by atoms with Crippen LogP contribution in [0.1, 0.15) is 41.5 Å². The molecule has 0 atom stereocenters. The van der Waals surface area contributed by atoms with Crippen molar-refractivity contribution in [1.82, 2.24) is 4.90 Å². The second-order valence-electron chi connectivity index (χ2n) is 5.98. The van der Waals surface area contributed by atoms with E-state index in [9.17, 15) is 18.4 Å². The molecule has 0 aliphatic heterocycles. The Morgan fingerprint density at radius 2 is 1.59 bits per heavy atom. The van der Waals surface area contributed by atoms with E-state index in [2.05, 4.69) is 10.1 Å². The fourth-order valence-electron chi connectivity index (χ4n) is 2.70. The number of nitrogens with one attached hydrogen (secondary N) is 1. The van der Waals surface area contributed by atoms with Gasteiger partial charge in [0, 0.05) is 29.9 Å². The molecule has 0 saturated heterocycles. The number of alkyl halides is 2. The molecule has 2 aromatic rings. The van der Waals surface area contributed by atoms with Crippen molar-refractivity contribution in [2.24, 2.45) is 0 Å². The summed E-state index contributed by atoms with van der Waals surface area (Å²) in [6, 6.07) is 10.5. The summed E-state index contributed by atoms with van der Waals surface area (Å²) in [5.41, 5.74) is 1.24. The molecule has 2 rings (SSSR count). The fraction of sp³-hybridized carbons (Fsp3) is 0.333. The molecule has 29 heavy (non-hydrogen) atoms. The largest absolute Gasteiger partial charge is 0.490 e. The number of hydrogen-bond donors (Lipinski definition) is 1. The first-order valence-corrected chi connectivity index (χ1v) is 9.31. The Bertz CT molecular complexity index is 837. The highest BCUT2D eigenvalue weighted by Crippen LogP contribution is 2.30. The Morgan fingerprint density at radius 1 is 0.966 bits per heavy atom. The molecule has 0 saturated carbocycles. The van der Waals surface area contributed by atoms with Crippen LogP contribution in [-0.4, -0.2) is 43.0 Å². The van der Waals surface area contributed by atoms with Gasteiger partial charge in [-0.05, 0) is 63.2 Å². The molecule has 0 spiro atoms. The highest BCUT2D eigenvalue weighted by Gasteiger charge is 2.16. The van der Waals surface area contributed by atoms with Crippen molar-refractivity contribution < 1.29 is 27.8 Å². The van der Waals surface area contributed by atoms with E-state index in [-0.39, 0.29) is 29.6 Å². The van der Waals surface area contributed by atoms with E-state index in [0.717, 1.165) is 0 Å². The lowest BCUT2D eigenvalue weighted by molar-refractivity contribution is -0.0514. The van der Waals surface area contributed by atoms with Gasteiger partial charge in [0.05, 0.1) is 6.61 Å². The average Bonchev–Trinajstić information content (AvgIpc) is 2.70. The summed E-state index contributed by atoms with van der Waals surface area (Å²) in [7, 11) is 0. The predicted octanol–water partition coefficient (Wildman–Crippen LogP) is 4.42. The Hall–Kier alpha value is -3.16. The van der Waals surface area contributed by atoms with Crippen LogP contribution in [0.2, 0.25) is 0 Å². The van der Waals surface area contributed by atoms with Gasteiger partial charge < -0.3 is 19.7 Å². The Balaban J connectivity index is 2.13. The molecule has 1 N–H and O–H groups in total. The smallest absolute Gasteiger partial charge is 0.387 e. The molecule has 0 heterocycles. The van der Waals surface area contributed by atoms with Gasteiger partial charge in [0.2, 0.25) is 0 Å². The van der Waals surface area contributed by atoms with Gasteiger partial charge in [-0.1, -0.05) is 0 Å². The van der Waals surface area contributed by atoms with Crippen LogP contribution in [0.15, 0.2) is 42.5 Å². The molecule has 0 aliphatic rings. The summed E-state index contributed by atoms with van der Waals surface area (Å²) in [6.07, 6.45) is 0. The first-order chi connectivity index (χ1) is 13.9. The molecule has 0 radical (unpaired) electrons. The van der Waals surface area contributed by atoms with Crippen LogP contribution in [-0.2, 0) is 0 Å². The number of rotatable bonds is 9. The van der Waals surface area contributed by atoms with Crippen LogP contribution in [0.5, 0.6) is 11.5 Å². The normalized spacial score (nSPS) is 10.6. The van der Waals surface area contributed by atoms with Crippen LogP contribution in [0.25, 0.3) is 0 Å². The SMILES string of the molecule is CCOc1cc(C(=O)Nc2ccc(C(=O)N(CC)CC)cc2)ccc1OC(F)F. The number of ether oxygens (including phenoxy) is 2. The van der Waals surface area contributed by atoms with Gasteiger partial charge in [-0.15, -0.1) is 0 Å². The molecule has 0 fully saturated rings. The van der Waals surface area contributed by atoms with E-state index < -0.39 is 12.5 Å². The van der Waals surface area contributed by atoms with E-state index >= 15 is 0 Å². The number of halogens is 2. The molecule has 2 amide bonds. The van der Waals surface area contributed by atoms with E-state index in [1.54, 1.807) is 36.1 Å². The lowest BCUT2D eigenvalue weighted by Gasteiger charge is -2.18. The maximum absolute atomic E-state index is 12.5. The number of hydrogen-bond acceptors (Lipinski definition) is 4. The molecular weight excluding hydrogens is 382 g/mol. The van der Waals surface area contributed by atoms with Gasteiger partial charge in [-0.3, -0.25) is 9.59 Å². The maximum atomic E-state index is 12.5. The minimum Gasteiger partial charge on any atom is -0.490 e. The summed E-state index contributed by atoms with van der Waals surface area (Å²) in [5.74, 6) is -0.612. The fourth-order valence-corrected chi connectivity index (χ4v) is 2.70. The number of benzene rings is 2. The molecule has 0 bridgehead atoms. The summed E-state index contributed by atoms with van der Waals surface area (Å²) < 4.78 is 34.7. The van der Waals surface area contributed by atoms with Gasteiger partial charge in [-0.2, -0.15) is 8.78 Å². The standard InChI is InChI=1S/C21H24F2N2O4/c1-4-25(5-2)20(27)14-7-10-16(11-8-14)24-19(26)15-9-12-17(29-21(22)23)18(13-15)28-6-3/h7-13,21H,4-6H2,1-3H3,(H,24,26). The monoisotopic (exact) mass is 406 g/mol. The van der Waals surface area contributed by atoms with E-state index in [4.69, 9.17) is 4.74 Å². The Labute approximate surface area is 168 Å². The molecule has 2 aromatic carbocycles. The van der Waals surface area contributed by atoms with Gasteiger partial charge >= 0.3 is 6.61 Å². The van der Waals surface area contributed by atoms with Crippen LogP contribution >= 0.6 is 0 Å². The zero-order valence-electron chi connectivity index (χ0n) is 16.6. The summed E-state index contributed by atoms with van der Waals surface area (Å²) in [6.45, 7) is 3.97. The van der Waals surface area contributed by atoms with Crippen LogP contribution in [0.4, 0.5) is 14.5 Å². The van der Waals surface area contributed by atoms with Crippen LogP contribution in [0.3, 0.4) is 0 Å². The summed E-state index contributed by atoms with van der Waals surface area (Å²) in [4.78, 5) is 26.5. The summed E-state index contributed by atoms with van der Waals surface area (Å²) in [5, 5.41) is 2.70. The lowest BCUT2D eigenvalue weighted by Crippen LogP contribution is -2.30. The van der Waals surface area contributed by atoms with Crippen molar-refractivity contribution in [3.8, 4) is 11.5 Å².